The van der Waals surface area contributed by atoms with Gasteiger partial charge in [0.2, 0.25) is 17.7 Å². The minimum absolute atomic E-state index is 0.0665. The number of pyridine rings is 4. The number of rotatable bonds is 12. The first-order valence-electron chi connectivity index (χ1n) is 13.1. The van der Waals surface area contributed by atoms with Crippen molar-refractivity contribution in [1.29, 1.82) is 0 Å². The fourth-order valence-electron chi connectivity index (χ4n) is 3.93. The van der Waals surface area contributed by atoms with Crippen LogP contribution >= 0.6 is 0 Å². The van der Waals surface area contributed by atoms with Gasteiger partial charge in [0.15, 0.2) is 11.3 Å². The summed E-state index contributed by atoms with van der Waals surface area (Å²) in [6.45, 7) is 4.52. The third-order valence-corrected chi connectivity index (χ3v) is 6.03. The molecule has 0 aromatic carbocycles. The maximum Gasteiger partial charge on any atom is 0.234 e. The molecule has 4 rings (SSSR count). The first-order valence-corrected chi connectivity index (χ1v) is 13.1. The summed E-state index contributed by atoms with van der Waals surface area (Å²) in [5.74, 6) is -0.0228. The van der Waals surface area contributed by atoms with Crippen LogP contribution in [0.15, 0.2) is 48.5 Å². The van der Waals surface area contributed by atoms with Crippen LogP contribution in [0.5, 0.6) is 0 Å². The molecule has 5 N–H and O–H groups in total. The largest absolute Gasteiger partial charge is 0.330 e. The van der Waals surface area contributed by atoms with Gasteiger partial charge in [-0.1, -0.05) is 0 Å². The molecule has 4 heterocycles. The molecule has 4 aromatic heterocycles. The Morgan fingerprint density at radius 1 is 0.675 bits per heavy atom. The summed E-state index contributed by atoms with van der Waals surface area (Å²) in [6, 6.07) is 14.8. The molecule has 0 aliphatic heterocycles. The van der Waals surface area contributed by atoms with Crippen molar-refractivity contribution in [1.82, 2.24) is 30.4 Å². The molecule has 4 aromatic rings. The number of aryl methyl sites for hydroxylation is 2. The molecule has 40 heavy (non-hydrogen) atoms. The van der Waals surface area contributed by atoms with Crippen LogP contribution in [-0.4, -0.2) is 62.3 Å². The number of fused-ring (bicyclic) bond motifs is 2. The number of amides is 3. The molecule has 3 amide bonds. The number of anilines is 2. The van der Waals surface area contributed by atoms with E-state index in [2.05, 4.69) is 36.0 Å². The van der Waals surface area contributed by atoms with E-state index in [1.54, 1.807) is 17.1 Å². The molecule has 0 saturated carbocycles. The van der Waals surface area contributed by atoms with E-state index in [0.717, 1.165) is 22.2 Å². The smallest absolute Gasteiger partial charge is 0.234 e. The Balaban J connectivity index is 1.33. The Hall–Kier alpha value is -4.55. The summed E-state index contributed by atoms with van der Waals surface area (Å²) in [6.07, 6.45) is 0.906. The van der Waals surface area contributed by atoms with Gasteiger partial charge in [0.05, 0.1) is 0 Å². The fraction of sp³-hybridized carbons (Fsp3) is 0.321. The highest BCUT2D eigenvalue weighted by molar-refractivity contribution is 5.92. The van der Waals surface area contributed by atoms with Gasteiger partial charge in [-0.2, -0.15) is 0 Å². The SMILES string of the molecule is Cc1ccc2ccc(NC(=O)CCN(CCC(=O)Nc3ccc4ccc(C)nc4n3)NC(=O)CCCN)nc2n1. The van der Waals surface area contributed by atoms with Gasteiger partial charge in [0.1, 0.15) is 11.6 Å². The standard InChI is InChI=1S/C28H33N9O3/c1-18-5-7-20-9-11-22(34-27(20)30-18)32-24(38)13-16-37(36-26(40)4-3-15-29)17-14-25(39)33-23-12-10-21-8-6-19(2)31-28(21)35-23/h5-12H,3-4,13-17,29H2,1-2H3,(H,36,40)(H,30,32,34,38)(H,31,33,35,39). The highest BCUT2D eigenvalue weighted by Gasteiger charge is 2.15. The Bertz CT molecular complexity index is 1420. The third-order valence-electron chi connectivity index (χ3n) is 6.03. The van der Waals surface area contributed by atoms with Crippen molar-refractivity contribution in [2.75, 3.05) is 30.3 Å². The Kier molecular flexibility index (Phi) is 9.60. The van der Waals surface area contributed by atoms with Crippen LogP contribution in [0, 0.1) is 13.8 Å². The van der Waals surface area contributed by atoms with Crippen LogP contribution in [0.2, 0.25) is 0 Å². The zero-order valence-electron chi connectivity index (χ0n) is 22.6. The second-order valence-corrected chi connectivity index (χ2v) is 9.40. The number of hydrogen-bond acceptors (Lipinski definition) is 9. The molecule has 0 unspecified atom stereocenters. The molecule has 12 heteroatoms. The van der Waals surface area contributed by atoms with E-state index >= 15 is 0 Å². The molecule has 0 spiro atoms. The molecular weight excluding hydrogens is 510 g/mol. The van der Waals surface area contributed by atoms with Crippen LogP contribution in [-0.2, 0) is 14.4 Å². The summed E-state index contributed by atoms with van der Waals surface area (Å²) in [4.78, 5) is 55.3. The van der Waals surface area contributed by atoms with Gasteiger partial charge in [0, 0.05) is 54.5 Å². The van der Waals surface area contributed by atoms with Crippen LogP contribution in [0.3, 0.4) is 0 Å². The van der Waals surface area contributed by atoms with Crippen molar-refractivity contribution in [2.45, 2.75) is 39.5 Å². The van der Waals surface area contributed by atoms with E-state index in [1.807, 2.05) is 50.2 Å². The lowest BCUT2D eigenvalue weighted by Crippen LogP contribution is -2.45. The van der Waals surface area contributed by atoms with Crippen LogP contribution < -0.4 is 21.8 Å². The second-order valence-electron chi connectivity index (χ2n) is 9.40. The van der Waals surface area contributed by atoms with E-state index in [0.29, 0.717) is 35.9 Å². The molecular formula is C28H33N9O3. The van der Waals surface area contributed by atoms with Gasteiger partial charge in [-0.25, -0.2) is 24.9 Å². The van der Waals surface area contributed by atoms with Crippen LogP contribution in [0.4, 0.5) is 11.6 Å². The van der Waals surface area contributed by atoms with Gasteiger partial charge >= 0.3 is 0 Å². The van der Waals surface area contributed by atoms with Crippen molar-refractivity contribution in [3.05, 3.63) is 59.9 Å². The Morgan fingerprint density at radius 2 is 1.15 bits per heavy atom. The van der Waals surface area contributed by atoms with Crippen molar-refractivity contribution in [2.24, 2.45) is 5.73 Å². The van der Waals surface area contributed by atoms with Gasteiger partial charge < -0.3 is 16.4 Å². The van der Waals surface area contributed by atoms with E-state index in [-0.39, 0.29) is 50.1 Å². The lowest BCUT2D eigenvalue weighted by Gasteiger charge is -2.23. The molecule has 12 nitrogen and oxygen atoms in total. The van der Waals surface area contributed by atoms with Crippen LogP contribution in [0.1, 0.15) is 37.1 Å². The van der Waals surface area contributed by atoms with E-state index < -0.39 is 0 Å². The van der Waals surface area contributed by atoms with Crippen molar-refractivity contribution in [3.8, 4) is 0 Å². The summed E-state index contributed by atoms with van der Waals surface area (Å²) in [7, 11) is 0. The zero-order chi connectivity index (χ0) is 28.5. The molecule has 0 aliphatic rings. The third kappa shape index (κ3) is 8.22. The number of nitrogens with two attached hydrogens (primary N) is 1. The van der Waals surface area contributed by atoms with Gasteiger partial charge in [0.25, 0.3) is 0 Å². The first kappa shape index (κ1) is 28.5. The number of hydrazine groups is 1. The van der Waals surface area contributed by atoms with Gasteiger partial charge in [-0.3, -0.25) is 19.8 Å². The van der Waals surface area contributed by atoms with Crippen LogP contribution in [0.25, 0.3) is 22.1 Å². The number of nitrogens with zero attached hydrogens (tertiary/aromatic N) is 5. The summed E-state index contributed by atoms with van der Waals surface area (Å²) < 4.78 is 0. The molecule has 0 atom stereocenters. The minimum atomic E-state index is -0.284. The average molecular weight is 544 g/mol. The monoisotopic (exact) mass is 543 g/mol. The minimum Gasteiger partial charge on any atom is -0.330 e. The number of aromatic nitrogens is 4. The first-order chi connectivity index (χ1) is 19.3. The van der Waals surface area contributed by atoms with E-state index in [4.69, 9.17) is 5.73 Å². The zero-order valence-corrected chi connectivity index (χ0v) is 22.6. The van der Waals surface area contributed by atoms with E-state index in [9.17, 15) is 14.4 Å². The predicted molar refractivity (Wildman–Crippen MR) is 153 cm³/mol. The maximum absolute atomic E-state index is 12.7. The molecule has 0 saturated heterocycles. The molecule has 0 aliphatic carbocycles. The summed E-state index contributed by atoms with van der Waals surface area (Å²) in [5, 5.41) is 8.86. The highest BCUT2D eigenvalue weighted by atomic mass is 16.2. The van der Waals surface area contributed by atoms with Gasteiger partial charge in [-0.15, -0.1) is 0 Å². The Morgan fingerprint density at radius 3 is 1.62 bits per heavy atom. The van der Waals surface area contributed by atoms with Crippen molar-refractivity contribution < 1.29 is 14.4 Å². The van der Waals surface area contributed by atoms with Crippen molar-refractivity contribution in [3.63, 3.8) is 0 Å². The molecule has 0 bridgehead atoms. The molecule has 0 radical (unpaired) electrons. The number of carbonyl (C=O) groups excluding carboxylic acids is 3. The second kappa shape index (κ2) is 13.5. The lowest BCUT2D eigenvalue weighted by atomic mass is 10.2. The molecule has 0 fully saturated rings. The van der Waals surface area contributed by atoms with E-state index in [1.165, 1.54) is 0 Å². The fourth-order valence-corrected chi connectivity index (χ4v) is 3.93. The topological polar surface area (TPSA) is 168 Å². The number of carbonyl (C=O) groups is 3. The number of nitrogens with one attached hydrogen (secondary N) is 3. The lowest BCUT2D eigenvalue weighted by molar-refractivity contribution is -0.127. The van der Waals surface area contributed by atoms with Crippen molar-refractivity contribution >= 4 is 51.4 Å². The highest BCUT2D eigenvalue weighted by Crippen LogP contribution is 2.15. The Labute approximate surface area is 231 Å². The predicted octanol–water partition coefficient (Wildman–Crippen LogP) is 2.62. The van der Waals surface area contributed by atoms with Gasteiger partial charge in [-0.05, 0) is 75.3 Å². The summed E-state index contributed by atoms with van der Waals surface area (Å²) in [5.41, 5.74) is 11.0. The normalized spacial score (nSPS) is 11.1. The molecule has 208 valence electrons. The average Bonchev–Trinajstić information content (AvgIpc) is 2.93. The summed E-state index contributed by atoms with van der Waals surface area (Å²) >= 11 is 0. The quantitative estimate of drug-likeness (QED) is 0.196. The maximum atomic E-state index is 12.7. The number of hydrogen-bond donors (Lipinski definition) is 4.